The van der Waals surface area contributed by atoms with Crippen LogP contribution in [0.3, 0.4) is 0 Å². The van der Waals surface area contributed by atoms with Crippen molar-refractivity contribution < 1.29 is 0 Å². The molecule has 2 aliphatic rings. The topological polar surface area (TPSA) is 3.24 Å². The number of rotatable bonds is 2. The Morgan fingerprint density at radius 3 is 2.20 bits per heavy atom. The van der Waals surface area contributed by atoms with Crippen LogP contribution < -0.4 is 0 Å². The van der Waals surface area contributed by atoms with Crippen molar-refractivity contribution in [2.75, 3.05) is 6.54 Å². The molecule has 0 aromatic rings. The van der Waals surface area contributed by atoms with Gasteiger partial charge in [0, 0.05) is 11.6 Å². The first kappa shape index (κ1) is 11.4. The summed E-state index contributed by atoms with van der Waals surface area (Å²) >= 11 is 0. The Kier molecular flexibility index (Phi) is 3.12. The molecule has 2 rings (SSSR count). The summed E-state index contributed by atoms with van der Waals surface area (Å²) in [5.74, 6) is 1.87. The minimum Gasteiger partial charge on any atom is -0.295 e. The number of piperidine rings is 1. The zero-order valence-electron chi connectivity index (χ0n) is 10.9. The second kappa shape index (κ2) is 4.08. The van der Waals surface area contributed by atoms with E-state index in [1.807, 2.05) is 0 Å². The maximum atomic E-state index is 2.80. The lowest BCUT2D eigenvalue weighted by Gasteiger charge is -2.57. The van der Waals surface area contributed by atoms with E-state index in [1.54, 1.807) is 0 Å². The summed E-state index contributed by atoms with van der Waals surface area (Å²) < 4.78 is 0. The van der Waals surface area contributed by atoms with Gasteiger partial charge in [-0.25, -0.2) is 0 Å². The molecule has 0 bridgehead atoms. The largest absolute Gasteiger partial charge is 0.295 e. The standard InChI is InChI=1S/C14H27N/c1-11(2)13-6-9-15(12(3)4)14(10-13)7-5-8-14/h11-13H,5-10H2,1-4H3/t13-/m1/s1. The molecule has 1 nitrogen and oxygen atoms in total. The number of nitrogens with zero attached hydrogens (tertiary/aromatic N) is 1. The Morgan fingerprint density at radius 2 is 1.80 bits per heavy atom. The maximum absolute atomic E-state index is 2.80. The Bertz CT molecular complexity index is 215. The van der Waals surface area contributed by atoms with Crippen LogP contribution >= 0.6 is 0 Å². The SMILES string of the molecule is CC(C)[C@@H]1CCN(C(C)C)C2(CCC2)C1. The molecule has 1 saturated carbocycles. The molecule has 0 aromatic heterocycles. The summed E-state index contributed by atoms with van der Waals surface area (Å²) in [5, 5.41) is 0. The molecule has 2 fully saturated rings. The summed E-state index contributed by atoms with van der Waals surface area (Å²) in [7, 11) is 0. The first-order chi connectivity index (χ1) is 7.05. The predicted molar refractivity (Wildman–Crippen MR) is 66.0 cm³/mol. The minimum atomic E-state index is 0.626. The molecule has 1 saturated heterocycles. The van der Waals surface area contributed by atoms with Gasteiger partial charge < -0.3 is 0 Å². The number of hydrogen-bond donors (Lipinski definition) is 0. The third-order valence-corrected chi connectivity index (χ3v) is 4.84. The van der Waals surface area contributed by atoms with Gasteiger partial charge in [-0.2, -0.15) is 0 Å². The minimum absolute atomic E-state index is 0.626. The van der Waals surface area contributed by atoms with Crippen molar-refractivity contribution in [2.24, 2.45) is 11.8 Å². The molecular weight excluding hydrogens is 182 g/mol. The summed E-state index contributed by atoms with van der Waals surface area (Å²) in [5.41, 5.74) is 0.626. The van der Waals surface area contributed by atoms with Crippen molar-refractivity contribution >= 4 is 0 Å². The van der Waals surface area contributed by atoms with Crippen molar-refractivity contribution in [2.45, 2.75) is 71.4 Å². The van der Waals surface area contributed by atoms with Crippen LogP contribution in [0.15, 0.2) is 0 Å². The number of hydrogen-bond acceptors (Lipinski definition) is 1. The van der Waals surface area contributed by atoms with Gasteiger partial charge in [0.1, 0.15) is 0 Å². The van der Waals surface area contributed by atoms with E-state index < -0.39 is 0 Å². The van der Waals surface area contributed by atoms with E-state index in [1.165, 1.54) is 38.6 Å². The first-order valence-electron chi connectivity index (χ1n) is 6.82. The Hall–Kier alpha value is -0.0400. The van der Waals surface area contributed by atoms with Crippen LogP contribution in [0, 0.1) is 11.8 Å². The third kappa shape index (κ3) is 1.95. The monoisotopic (exact) mass is 209 g/mol. The third-order valence-electron chi connectivity index (χ3n) is 4.84. The molecule has 1 atom stereocenters. The molecule has 0 radical (unpaired) electrons. The summed E-state index contributed by atoms with van der Waals surface area (Å²) in [6, 6.07) is 0.749. The van der Waals surface area contributed by atoms with E-state index in [0.29, 0.717) is 5.54 Å². The maximum Gasteiger partial charge on any atom is 0.0215 e. The fraction of sp³-hybridized carbons (Fsp3) is 1.00. The van der Waals surface area contributed by atoms with Crippen molar-refractivity contribution in [3.8, 4) is 0 Å². The highest BCUT2D eigenvalue weighted by Gasteiger charge is 2.47. The quantitative estimate of drug-likeness (QED) is 0.670. The highest BCUT2D eigenvalue weighted by molar-refractivity contribution is 5.03. The smallest absolute Gasteiger partial charge is 0.0215 e. The fourth-order valence-corrected chi connectivity index (χ4v) is 3.70. The lowest BCUT2D eigenvalue weighted by Crippen LogP contribution is -2.60. The van der Waals surface area contributed by atoms with E-state index in [-0.39, 0.29) is 0 Å². The summed E-state index contributed by atoms with van der Waals surface area (Å²) in [6.07, 6.45) is 7.30. The van der Waals surface area contributed by atoms with E-state index in [9.17, 15) is 0 Å². The molecule has 0 unspecified atom stereocenters. The van der Waals surface area contributed by atoms with Crippen LogP contribution in [0.25, 0.3) is 0 Å². The summed E-state index contributed by atoms with van der Waals surface area (Å²) in [4.78, 5) is 2.80. The normalized spacial score (nSPS) is 31.2. The van der Waals surface area contributed by atoms with Gasteiger partial charge >= 0.3 is 0 Å². The van der Waals surface area contributed by atoms with E-state index in [2.05, 4.69) is 32.6 Å². The van der Waals surface area contributed by atoms with Crippen LogP contribution in [-0.4, -0.2) is 23.0 Å². The molecule has 0 amide bonds. The van der Waals surface area contributed by atoms with Gasteiger partial charge in [0.25, 0.3) is 0 Å². The molecule has 0 N–H and O–H groups in total. The molecule has 1 heterocycles. The second-order valence-corrected chi connectivity index (χ2v) is 6.36. The number of likely N-dealkylation sites (tertiary alicyclic amines) is 1. The fourth-order valence-electron chi connectivity index (χ4n) is 3.70. The lowest BCUT2D eigenvalue weighted by molar-refractivity contribution is -0.0642. The molecule has 1 aliphatic heterocycles. The van der Waals surface area contributed by atoms with Gasteiger partial charge in [-0.3, -0.25) is 4.90 Å². The molecule has 1 aliphatic carbocycles. The van der Waals surface area contributed by atoms with Crippen molar-refractivity contribution in [1.29, 1.82) is 0 Å². The van der Waals surface area contributed by atoms with Gasteiger partial charge in [0.2, 0.25) is 0 Å². The van der Waals surface area contributed by atoms with Gasteiger partial charge in [-0.15, -0.1) is 0 Å². The average molecular weight is 209 g/mol. The van der Waals surface area contributed by atoms with Gasteiger partial charge in [-0.1, -0.05) is 13.8 Å². The van der Waals surface area contributed by atoms with Crippen molar-refractivity contribution in [1.82, 2.24) is 4.90 Å². The van der Waals surface area contributed by atoms with Crippen LogP contribution in [0.1, 0.15) is 59.8 Å². The van der Waals surface area contributed by atoms with Crippen molar-refractivity contribution in [3.63, 3.8) is 0 Å². The highest BCUT2D eigenvalue weighted by atomic mass is 15.2. The average Bonchev–Trinajstić information content (AvgIpc) is 2.14. The van der Waals surface area contributed by atoms with Crippen LogP contribution in [0.5, 0.6) is 0 Å². The zero-order valence-corrected chi connectivity index (χ0v) is 10.9. The molecule has 0 aromatic carbocycles. The van der Waals surface area contributed by atoms with E-state index in [4.69, 9.17) is 0 Å². The second-order valence-electron chi connectivity index (χ2n) is 6.36. The molecule has 1 spiro atoms. The van der Waals surface area contributed by atoms with Gasteiger partial charge in [0.05, 0.1) is 0 Å². The zero-order chi connectivity index (χ0) is 11.1. The molecule has 15 heavy (non-hydrogen) atoms. The van der Waals surface area contributed by atoms with E-state index >= 15 is 0 Å². The van der Waals surface area contributed by atoms with Gasteiger partial charge in [0.15, 0.2) is 0 Å². The first-order valence-corrected chi connectivity index (χ1v) is 6.82. The molecule has 1 heteroatoms. The van der Waals surface area contributed by atoms with Crippen LogP contribution in [0.4, 0.5) is 0 Å². The Balaban J connectivity index is 2.07. The predicted octanol–water partition coefficient (Wildman–Crippen LogP) is 3.69. The summed E-state index contributed by atoms with van der Waals surface area (Å²) in [6.45, 7) is 10.9. The van der Waals surface area contributed by atoms with Gasteiger partial charge in [-0.05, 0) is 64.3 Å². The van der Waals surface area contributed by atoms with Crippen molar-refractivity contribution in [3.05, 3.63) is 0 Å². The Morgan fingerprint density at radius 1 is 1.13 bits per heavy atom. The van der Waals surface area contributed by atoms with E-state index in [0.717, 1.165) is 17.9 Å². The van der Waals surface area contributed by atoms with Crippen LogP contribution in [0.2, 0.25) is 0 Å². The van der Waals surface area contributed by atoms with Crippen LogP contribution in [-0.2, 0) is 0 Å². The Labute approximate surface area is 95.2 Å². The molecular formula is C14H27N. The molecule has 88 valence electrons. The lowest BCUT2D eigenvalue weighted by atomic mass is 9.65. The highest BCUT2D eigenvalue weighted by Crippen LogP contribution is 2.48.